The summed E-state index contributed by atoms with van der Waals surface area (Å²) >= 11 is 0. The Labute approximate surface area is 469 Å². The molecule has 3 fully saturated rings. The van der Waals surface area contributed by atoms with Crippen LogP contribution in [0, 0.1) is 0 Å². The molecule has 3 heterocycles. The van der Waals surface area contributed by atoms with Gasteiger partial charge in [0.05, 0.1) is 64.6 Å². The molecule has 0 aromatic heterocycles. The van der Waals surface area contributed by atoms with E-state index in [1.807, 2.05) is 0 Å². The molecule has 12 N–H and O–H groups in total. The minimum atomic E-state index is -5.07. The van der Waals surface area contributed by atoms with Gasteiger partial charge in [-0.05, 0) is 85.9 Å². The second-order valence-corrected chi connectivity index (χ2v) is 27.1. The van der Waals surface area contributed by atoms with Crippen molar-refractivity contribution in [1.82, 2.24) is 0 Å². The van der Waals surface area contributed by atoms with E-state index < -0.39 is 153 Å². The van der Waals surface area contributed by atoms with Crippen LogP contribution in [0.4, 0.5) is 0 Å². The van der Waals surface area contributed by atoms with Crippen LogP contribution in [0.2, 0.25) is 0 Å². The fraction of sp³-hybridized carbons (Fsp3) is 1.00. The van der Waals surface area contributed by atoms with Crippen LogP contribution < -0.4 is 17.2 Å². The Morgan fingerprint density at radius 3 is 1.10 bits per heavy atom. The molecule has 0 aliphatic carbocycles. The number of phosphoric acid groups is 5. The highest BCUT2D eigenvalue weighted by molar-refractivity contribution is 7.48. The fourth-order valence-corrected chi connectivity index (χ4v) is 12.4. The van der Waals surface area contributed by atoms with Gasteiger partial charge in [-0.25, -0.2) is 22.8 Å². The van der Waals surface area contributed by atoms with E-state index in [-0.39, 0.29) is 39.1 Å². The molecule has 0 bridgehead atoms. The first kappa shape index (κ1) is 74.4. The summed E-state index contributed by atoms with van der Waals surface area (Å²) in [7, 11) is -24.6. The summed E-state index contributed by atoms with van der Waals surface area (Å²) in [6.45, 7) is 4.10. The maximum absolute atomic E-state index is 13.2. The Balaban J connectivity index is 1.51. The van der Waals surface area contributed by atoms with Gasteiger partial charge in [-0.2, -0.15) is 0 Å². The van der Waals surface area contributed by atoms with Crippen molar-refractivity contribution in [3.8, 4) is 0 Å². The van der Waals surface area contributed by atoms with E-state index in [9.17, 15) is 52.4 Å². The molecule has 80 heavy (non-hydrogen) atoms. The van der Waals surface area contributed by atoms with E-state index in [0.29, 0.717) is 39.1 Å². The summed E-state index contributed by atoms with van der Waals surface area (Å²) in [5, 5.41) is 9.73. The average molecular weight is 1270 g/mol. The second kappa shape index (κ2) is 38.4. The van der Waals surface area contributed by atoms with Gasteiger partial charge in [-0.3, -0.25) is 45.2 Å². The van der Waals surface area contributed by atoms with Crippen molar-refractivity contribution in [2.45, 2.75) is 191 Å². The normalized spacial score (nSPS) is 27.8. The predicted molar refractivity (Wildman–Crippen MR) is 283 cm³/mol. The van der Waals surface area contributed by atoms with Gasteiger partial charge >= 0.3 is 39.1 Å². The van der Waals surface area contributed by atoms with Crippen LogP contribution >= 0.6 is 39.1 Å². The van der Waals surface area contributed by atoms with E-state index >= 15 is 0 Å². The lowest BCUT2D eigenvalue weighted by Crippen LogP contribution is -2.30. The van der Waals surface area contributed by atoms with Crippen molar-refractivity contribution < 1.29 is 131 Å². The smallest absolute Gasteiger partial charge is 0.394 e. The third-order valence-corrected chi connectivity index (χ3v) is 16.8. The zero-order chi connectivity index (χ0) is 59.3. The fourth-order valence-electron chi connectivity index (χ4n) is 8.05. The maximum Gasteiger partial charge on any atom is 0.472 e. The van der Waals surface area contributed by atoms with Crippen LogP contribution in [0.1, 0.15) is 124 Å². The van der Waals surface area contributed by atoms with Crippen molar-refractivity contribution in [3.63, 3.8) is 0 Å². The molecule has 0 spiro atoms. The highest BCUT2D eigenvalue weighted by atomic mass is 31.2. The predicted octanol–water partition coefficient (Wildman–Crippen LogP) is 4.91. The monoisotopic (exact) mass is 1270 g/mol. The number of phosphoric ester groups is 5. The first-order valence-electron chi connectivity index (χ1n) is 27.1. The van der Waals surface area contributed by atoms with Crippen LogP contribution in [0.5, 0.6) is 0 Å². The lowest BCUT2D eigenvalue weighted by molar-refractivity contribution is -0.143. The van der Waals surface area contributed by atoms with E-state index in [4.69, 9.17) is 95.6 Å². The number of hydrogen-bond donors (Lipinski definition) is 9. The van der Waals surface area contributed by atoms with Crippen molar-refractivity contribution in [3.05, 3.63) is 0 Å². The number of ether oxygens (including phenoxy) is 7. The number of nitrogens with two attached hydrogens (primary N) is 3. The molecule has 3 saturated heterocycles. The van der Waals surface area contributed by atoms with Crippen molar-refractivity contribution >= 4 is 39.1 Å². The van der Waals surface area contributed by atoms with E-state index in [2.05, 4.69) is 0 Å². The Morgan fingerprint density at radius 2 is 0.762 bits per heavy atom. The zero-order valence-electron chi connectivity index (χ0n) is 46.4. The minimum Gasteiger partial charge on any atom is -0.394 e. The zero-order valence-corrected chi connectivity index (χ0v) is 50.9. The number of unbranched alkanes of at least 4 members (excludes halogenated alkanes) is 9. The lowest BCUT2D eigenvalue weighted by atomic mass is 10.2. The largest absolute Gasteiger partial charge is 0.472 e. The molecule has 15 atom stereocenters. The third kappa shape index (κ3) is 33.3. The van der Waals surface area contributed by atoms with Crippen molar-refractivity contribution in [2.75, 3.05) is 92.3 Å². The average Bonchev–Trinajstić information content (AvgIpc) is 4.07. The highest BCUT2D eigenvalue weighted by Crippen LogP contribution is 2.52. The van der Waals surface area contributed by atoms with E-state index in [0.717, 1.165) is 64.2 Å². The van der Waals surface area contributed by atoms with Gasteiger partial charge in [0.25, 0.3) is 0 Å². The molecule has 9 unspecified atom stereocenters. The number of hydrogen-bond acceptors (Lipinski definition) is 26. The molecule has 476 valence electrons. The van der Waals surface area contributed by atoms with Crippen LogP contribution in [0.15, 0.2) is 0 Å². The van der Waals surface area contributed by atoms with Gasteiger partial charge in [0.1, 0.15) is 36.6 Å². The first-order chi connectivity index (χ1) is 37.7. The van der Waals surface area contributed by atoms with E-state index in [1.54, 1.807) is 27.7 Å². The molecule has 0 saturated carbocycles. The Hall–Kier alpha value is 0.110. The first-order valence-corrected chi connectivity index (χ1v) is 34.6. The molecule has 36 heteroatoms. The van der Waals surface area contributed by atoms with Gasteiger partial charge in [-0.15, -0.1) is 0 Å². The standard InChI is InChI=1S/C44H92N3O28P5/c1-34(72-44(2,3)4)31-66-80(57,58)75-37-29-43(61-22-16-10-7-13-19-47)71-40(37)33-68-77(51,52)63-24-26-65-79(55,56)74-36-28-42(60-21-15-9-6-12-18-46)70-39(36)32-67-76(49,50)62-23-25-64-78(53,54)73-35-27-41(69-38(35)30-48)59-20-14-8-5-11-17-45/h34-43,48H,5-33,45-47H2,1-4H3,(H,49,50)(H,51,52)(H,53,54)(H,55,56)(H,57,58)/t34?,35?,36?,37-,38-,39-,40?,41-,42-,43-/m1/s1. The van der Waals surface area contributed by atoms with Crippen molar-refractivity contribution in [2.24, 2.45) is 17.2 Å². The Bertz CT molecular complexity index is 1930. The molecule has 3 rings (SSSR count). The summed E-state index contributed by atoms with van der Waals surface area (Å²) in [5.74, 6) is 0. The van der Waals surface area contributed by atoms with Crippen molar-refractivity contribution in [1.29, 1.82) is 0 Å². The summed E-state index contributed by atoms with van der Waals surface area (Å²) in [6.07, 6.45) is -1.17. The van der Waals surface area contributed by atoms with Crippen LogP contribution in [-0.4, -0.2) is 189 Å². The summed E-state index contributed by atoms with van der Waals surface area (Å²) in [4.78, 5) is 52.5. The number of aliphatic hydroxyl groups is 1. The van der Waals surface area contributed by atoms with Gasteiger partial charge in [0.15, 0.2) is 18.9 Å². The lowest BCUT2D eigenvalue weighted by Gasteiger charge is -2.26. The Kier molecular flexibility index (Phi) is 35.7. The van der Waals surface area contributed by atoms with Gasteiger partial charge in [0.2, 0.25) is 0 Å². The van der Waals surface area contributed by atoms with E-state index in [1.165, 1.54) is 0 Å². The summed E-state index contributed by atoms with van der Waals surface area (Å²) < 4.78 is 156. The molecular weight excluding hydrogens is 1170 g/mol. The quantitative estimate of drug-likeness (QED) is 0.0289. The number of rotatable bonds is 48. The van der Waals surface area contributed by atoms with Gasteiger partial charge in [-0.1, -0.05) is 38.5 Å². The minimum absolute atomic E-state index is 0.0127. The molecule has 0 aromatic carbocycles. The topological polar surface area (TPSA) is 442 Å². The second-order valence-electron chi connectivity index (χ2n) is 20.0. The van der Waals surface area contributed by atoms with Gasteiger partial charge in [0, 0.05) is 39.1 Å². The maximum atomic E-state index is 13.2. The van der Waals surface area contributed by atoms with Crippen LogP contribution in [0.3, 0.4) is 0 Å². The van der Waals surface area contributed by atoms with Crippen LogP contribution in [0.25, 0.3) is 0 Å². The summed E-state index contributed by atoms with van der Waals surface area (Å²) in [5.41, 5.74) is 16.1. The van der Waals surface area contributed by atoms with Crippen LogP contribution in [-0.2, 0) is 101 Å². The molecular formula is C44H92N3O28P5. The number of aliphatic hydroxyl groups excluding tert-OH is 1. The SMILES string of the molecule is CC(COP(=O)(O)O[C@@H]1C[C@H](OCCCCCCN)OC1COP(=O)(O)OCCOP(=O)(O)OC1C[C@H](OCCCCCCN)O[C@@H]1COP(=O)(O)OCCOP(=O)(O)OC1C[C@H](OCCCCCCN)O[C@@H]1CO)OC(C)(C)C. The highest BCUT2D eigenvalue weighted by Gasteiger charge is 2.45. The third-order valence-electron chi connectivity index (χ3n) is 11.7. The molecule has 3 aliphatic rings. The molecule has 0 radical (unpaired) electrons. The molecule has 0 aromatic rings. The molecule has 3 aliphatic heterocycles. The Morgan fingerprint density at radius 1 is 0.450 bits per heavy atom. The molecule has 31 nitrogen and oxygen atoms in total. The summed E-state index contributed by atoms with van der Waals surface area (Å²) in [6, 6.07) is 0. The molecule has 0 amide bonds. The van der Waals surface area contributed by atoms with Gasteiger partial charge < -0.3 is 79.9 Å².